The Hall–Kier alpha value is -7.73. The van der Waals surface area contributed by atoms with Gasteiger partial charge in [-0.1, -0.05) is 146 Å². The van der Waals surface area contributed by atoms with Gasteiger partial charge in [-0.3, -0.25) is 0 Å². The zero-order valence-electron chi connectivity index (χ0n) is 30.3. The standard InChI is InChI=1S/C49H29N7S/c50-30-38-18-10-11-19-39(38)31-20-22-35(23-21-31)47-52-46(34-16-8-3-9-17-34)53-48(56-47)36-25-27-42-41(28-36)40-26-24-37(29-43(40)57-42)49-54-44(32-12-4-1-5-13-32)51-45(55-49)33-14-6-2-7-15-33/h1-29H. The Balaban J connectivity index is 1.05. The highest BCUT2D eigenvalue weighted by molar-refractivity contribution is 7.25. The van der Waals surface area contributed by atoms with Gasteiger partial charge in [-0.25, -0.2) is 29.9 Å². The second-order valence-corrected chi connectivity index (χ2v) is 14.6. The van der Waals surface area contributed by atoms with Crippen molar-refractivity contribution in [3.8, 4) is 85.5 Å². The van der Waals surface area contributed by atoms with Gasteiger partial charge in [0.25, 0.3) is 0 Å². The number of nitriles is 1. The lowest BCUT2D eigenvalue weighted by Crippen LogP contribution is -2.00. The van der Waals surface area contributed by atoms with Gasteiger partial charge in [-0.15, -0.1) is 11.3 Å². The van der Waals surface area contributed by atoms with Crippen molar-refractivity contribution < 1.29 is 0 Å². The fourth-order valence-corrected chi connectivity index (χ4v) is 8.10. The molecule has 8 heteroatoms. The first-order valence-electron chi connectivity index (χ1n) is 18.4. The minimum atomic E-state index is 0.570. The smallest absolute Gasteiger partial charge is 0.164 e. The van der Waals surface area contributed by atoms with Gasteiger partial charge in [-0.05, 0) is 41.5 Å². The zero-order valence-corrected chi connectivity index (χ0v) is 31.1. The molecule has 0 bridgehead atoms. The van der Waals surface area contributed by atoms with Crippen LogP contribution in [0.3, 0.4) is 0 Å². The third kappa shape index (κ3) is 6.59. The summed E-state index contributed by atoms with van der Waals surface area (Å²) in [5.74, 6) is 3.64. The van der Waals surface area contributed by atoms with Gasteiger partial charge in [0.15, 0.2) is 34.9 Å². The van der Waals surface area contributed by atoms with E-state index in [1.54, 1.807) is 11.3 Å². The zero-order chi connectivity index (χ0) is 38.1. The summed E-state index contributed by atoms with van der Waals surface area (Å²) < 4.78 is 2.28. The molecule has 0 unspecified atom stereocenters. The van der Waals surface area contributed by atoms with Crippen molar-refractivity contribution in [3.05, 3.63) is 181 Å². The average Bonchev–Trinajstić information content (AvgIpc) is 3.67. The average molecular weight is 748 g/mol. The molecule has 3 heterocycles. The molecule has 3 aromatic heterocycles. The fourth-order valence-electron chi connectivity index (χ4n) is 6.97. The molecule has 0 fully saturated rings. The van der Waals surface area contributed by atoms with Crippen molar-refractivity contribution in [2.45, 2.75) is 0 Å². The summed E-state index contributed by atoms with van der Waals surface area (Å²) in [4.78, 5) is 29.7. The Morgan fingerprint density at radius 2 is 0.737 bits per heavy atom. The first kappa shape index (κ1) is 33.8. The normalized spacial score (nSPS) is 11.1. The number of aromatic nitrogens is 6. The maximum absolute atomic E-state index is 9.67. The molecule has 57 heavy (non-hydrogen) atoms. The highest BCUT2D eigenvalue weighted by Gasteiger charge is 2.17. The van der Waals surface area contributed by atoms with E-state index in [1.807, 2.05) is 140 Å². The molecular formula is C49H29N7S. The Morgan fingerprint density at radius 1 is 0.333 bits per heavy atom. The van der Waals surface area contributed by atoms with Crippen LogP contribution in [0.1, 0.15) is 5.56 Å². The van der Waals surface area contributed by atoms with Crippen LogP contribution in [0.25, 0.3) is 99.6 Å². The molecule has 0 spiro atoms. The molecule has 7 aromatic carbocycles. The van der Waals surface area contributed by atoms with Gasteiger partial charge in [0.05, 0.1) is 11.6 Å². The number of benzene rings is 7. The van der Waals surface area contributed by atoms with Crippen molar-refractivity contribution in [1.29, 1.82) is 5.26 Å². The van der Waals surface area contributed by atoms with E-state index in [9.17, 15) is 5.26 Å². The van der Waals surface area contributed by atoms with Crippen LogP contribution >= 0.6 is 11.3 Å². The van der Waals surface area contributed by atoms with E-state index in [-0.39, 0.29) is 0 Å². The Bertz CT molecular complexity index is 3060. The summed E-state index contributed by atoms with van der Waals surface area (Å²) >= 11 is 1.73. The lowest BCUT2D eigenvalue weighted by molar-refractivity contribution is 1.07. The van der Waals surface area contributed by atoms with Crippen LogP contribution in [-0.2, 0) is 0 Å². The number of hydrogen-bond donors (Lipinski definition) is 0. The molecule has 0 N–H and O–H groups in total. The SMILES string of the molecule is N#Cc1ccccc1-c1ccc(-c2nc(-c3ccccc3)nc(-c3ccc4sc5cc(-c6nc(-c7ccccc7)nc(-c7ccccc7)n6)ccc5c4c3)n2)cc1. The molecular weight excluding hydrogens is 719 g/mol. The van der Waals surface area contributed by atoms with Crippen molar-refractivity contribution in [2.24, 2.45) is 0 Å². The van der Waals surface area contributed by atoms with Crippen LogP contribution in [0.5, 0.6) is 0 Å². The summed E-state index contributed by atoms with van der Waals surface area (Å²) in [6.45, 7) is 0. The molecule has 0 radical (unpaired) electrons. The first-order valence-corrected chi connectivity index (χ1v) is 19.2. The molecule has 0 atom stereocenters. The number of fused-ring (bicyclic) bond motifs is 3. The minimum Gasteiger partial charge on any atom is -0.208 e. The van der Waals surface area contributed by atoms with Crippen molar-refractivity contribution >= 4 is 31.5 Å². The first-order chi connectivity index (χ1) is 28.2. The fraction of sp³-hybridized carbons (Fsp3) is 0. The lowest BCUT2D eigenvalue weighted by Gasteiger charge is -2.10. The summed E-state index contributed by atoms with van der Waals surface area (Å²) in [5.41, 5.74) is 7.91. The summed E-state index contributed by atoms with van der Waals surface area (Å²) in [5, 5.41) is 11.9. The maximum Gasteiger partial charge on any atom is 0.164 e. The van der Waals surface area contributed by atoms with E-state index in [1.165, 1.54) is 0 Å². The quantitative estimate of drug-likeness (QED) is 0.160. The van der Waals surface area contributed by atoms with Gasteiger partial charge < -0.3 is 0 Å². The van der Waals surface area contributed by atoms with Gasteiger partial charge in [0.2, 0.25) is 0 Å². The molecule has 10 rings (SSSR count). The van der Waals surface area contributed by atoms with Crippen LogP contribution in [-0.4, -0.2) is 29.9 Å². The number of nitrogens with zero attached hydrogens (tertiary/aromatic N) is 7. The summed E-state index contributed by atoms with van der Waals surface area (Å²) in [7, 11) is 0. The molecule has 0 amide bonds. The number of hydrogen-bond acceptors (Lipinski definition) is 8. The van der Waals surface area contributed by atoms with Crippen LogP contribution in [0.4, 0.5) is 0 Å². The minimum absolute atomic E-state index is 0.570. The maximum atomic E-state index is 9.67. The van der Waals surface area contributed by atoms with Crippen molar-refractivity contribution in [1.82, 2.24) is 29.9 Å². The third-order valence-corrected chi connectivity index (χ3v) is 11.0. The van der Waals surface area contributed by atoms with E-state index >= 15 is 0 Å². The molecule has 0 saturated carbocycles. The third-order valence-electron chi connectivity index (χ3n) is 9.86. The van der Waals surface area contributed by atoms with Crippen LogP contribution < -0.4 is 0 Å². The van der Waals surface area contributed by atoms with Crippen LogP contribution in [0.2, 0.25) is 0 Å². The van der Waals surface area contributed by atoms with Crippen molar-refractivity contribution in [2.75, 3.05) is 0 Å². The molecule has 10 aromatic rings. The number of rotatable bonds is 7. The Kier molecular flexibility index (Phi) is 8.60. The Morgan fingerprint density at radius 3 is 1.26 bits per heavy atom. The molecule has 0 saturated heterocycles. The highest BCUT2D eigenvalue weighted by Crippen LogP contribution is 2.39. The molecule has 0 aliphatic heterocycles. The van der Waals surface area contributed by atoms with Gasteiger partial charge in [-0.2, -0.15) is 5.26 Å². The predicted molar refractivity (Wildman–Crippen MR) is 229 cm³/mol. The molecule has 7 nitrogen and oxygen atoms in total. The van der Waals surface area contributed by atoms with Crippen molar-refractivity contribution in [3.63, 3.8) is 0 Å². The molecule has 266 valence electrons. The number of thiophene rings is 1. The second kappa shape index (κ2) is 14.5. The lowest BCUT2D eigenvalue weighted by atomic mass is 9.99. The largest absolute Gasteiger partial charge is 0.208 e. The van der Waals surface area contributed by atoms with E-state index < -0.39 is 0 Å². The van der Waals surface area contributed by atoms with E-state index in [0.717, 1.165) is 64.7 Å². The highest BCUT2D eigenvalue weighted by atomic mass is 32.1. The monoisotopic (exact) mass is 747 g/mol. The summed E-state index contributed by atoms with van der Waals surface area (Å²) in [6.07, 6.45) is 0. The molecule has 0 aliphatic carbocycles. The van der Waals surface area contributed by atoms with E-state index in [4.69, 9.17) is 29.9 Å². The van der Waals surface area contributed by atoms with Gasteiger partial charge in [0, 0.05) is 53.6 Å². The van der Waals surface area contributed by atoms with Crippen LogP contribution in [0.15, 0.2) is 176 Å². The van der Waals surface area contributed by atoms with Gasteiger partial charge >= 0.3 is 0 Å². The second-order valence-electron chi connectivity index (χ2n) is 13.5. The van der Waals surface area contributed by atoms with E-state index in [2.05, 4.69) is 42.5 Å². The summed E-state index contributed by atoms with van der Waals surface area (Å²) in [6, 6.07) is 60.8. The topological polar surface area (TPSA) is 101 Å². The van der Waals surface area contributed by atoms with Crippen LogP contribution in [0, 0.1) is 11.3 Å². The van der Waals surface area contributed by atoms with Gasteiger partial charge in [0.1, 0.15) is 0 Å². The predicted octanol–water partition coefficient (Wildman–Crippen LogP) is 12.0. The Labute approximate surface area is 332 Å². The van der Waals surface area contributed by atoms with E-state index in [0.29, 0.717) is 40.5 Å². The molecule has 0 aliphatic rings.